The monoisotopic (exact) mass is 210 g/mol. The maximum atomic E-state index is 5.90. The molecule has 0 bridgehead atoms. The minimum absolute atomic E-state index is 0.404. The second kappa shape index (κ2) is 4.43. The van der Waals surface area contributed by atoms with Crippen LogP contribution in [0.3, 0.4) is 0 Å². The van der Waals surface area contributed by atoms with Crippen LogP contribution in [0.2, 0.25) is 0 Å². The quantitative estimate of drug-likeness (QED) is 0.823. The van der Waals surface area contributed by atoms with Gasteiger partial charge in [-0.05, 0) is 31.2 Å². The van der Waals surface area contributed by atoms with Crippen molar-refractivity contribution in [2.24, 2.45) is 5.73 Å². The summed E-state index contributed by atoms with van der Waals surface area (Å²) in [4.78, 5) is 3.99. The van der Waals surface area contributed by atoms with Gasteiger partial charge in [0.2, 0.25) is 0 Å². The lowest BCUT2D eigenvalue weighted by Gasteiger charge is -2.23. The van der Waals surface area contributed by atoms with Crippen LogP contribution in [0.15, 0.2) is 17.5 Å². The van der Waals surface area contributed by atoms with Crippen LogP contribution in [0.25, 0.3) is 0 Å². The summed E-state index contributed by atoms with van der Waals surface area (Å²) in [5.74, 6) is 0. The zero-order valence-electron chi connectivity index (χ0n) is 8.65. The third-order valence-electron chi connectivity index (χ3n) is 2.96. The molecule has 2 unspecified atom stereocenters. The first kappa shape index (κ1) is 10.1. The van der Waals surface area contributed by atoms with E-state index in [1.807, 2.05) is 11.3 Å². The molecule has 1 saturated heterocycles. The number of hydrogen-bond donors (Lipinski definition) is 1. The summed E-state index contributed by atoms with van der Waals surface area (Å²) in [5, 5.41) is 2.15. The number of hydrogen-bond acceptors (Lipinski definition) is 3. The minimum Gasteiger partial charge on any atom is -0.326 e. The van der Waals surface area contributed by atoms with Gasteiger partial charge in [-0.1, -0.05) is 6.07 Å². The molecule has 14 heavy (non-hydrogen) atoms. The largest absolute Gasteiger partial charge is 0.326 e. The zero-order valence-corrected chi connectivity index (χ0v) is 9.46. The average molecular weight is 210 g/mol. The second-order valence-corrected chi connectivity index (χ2v) is 5.21. The van der Waals surface area contributed by atoms with Crippen LogP contribution < -0.4 is 5.73 Å². The molecule has 2 heterocycles. The molecular weight excluding hydrogens is 192 g/mol. The maximum absolute atomic E-state index is 5.90. The molecule has 0 radical (unpaired) electrons. The van der Waals surface area contributed by atoms with Gasteiger partial charge in [0.1, 0.15) is 0 Å². The Morgan fingerprint density at radius 2 is 2.57 bits per heavy atom. The van der Waals surface area contributed by atoms with Crippen molar-refractivity contribution in [1.82, 2.24) is 4.90 Å². The average Bonchev–Trinajstić information content (AvgIpc) is 2.75. The van der Waals surface area contributed by atoms with E-state index in [0.29, 0.717) is 12.1 Å². The standard InChI is InChI=1S/C11H18N2S/c1-9(7-11-3-2-6-14-11)13-5-4-10(12)8-13/h2-3,6,9-10H,4-5,7-8,12H2,1H3. The van der Waals surface area contributed by atoms with E-state index < -0.39 is 0 Å². The molecule has 0 spiro atoms. The van der Waals surface area contributed by atoms with E-state index >= 15 is 0 Å². The van der Waals surface area contributed by atoms with Gasteiger partial charge in [0.15, 0.2) is 0 Å². The molecule has 1 aromatic rings. The highest BCUT2D eigenvalue weighted by molar-refractivity contribution is 7.09. The van der Waals surface area contributed by atoms with Crippen molar-refractivity contribution in [3.05, 3.63) is 22.4 Å². The van der Waals surface area contributed by atoms with Gasteiger partial charge in [-0.2, -0.15) is 0 Å². The summed E-state index contributed by atoms with van der Waals surface area (Å²) in [7, 11) is 0. The van der Waals surface area contributed by atoms with Crippen molar-refractivity contribution in [3.63, 3.8) is 0 Å². The molecule has 0 aliphatic carbocycles. The predicted octanol–water partition coefficient (Wildman–Crippen LogP) is 1.71. The fraction of sp³-hybridized carbons (Fsp3) is 0.636. The predicted molar refractivity (Wildman–Crippen MR) is 61.7 cm³/mol. The molecule has 2 N–H and O–H groups in total. The zero-order chi connectivity index (χ0) is 9.97. The van der Waals surface area contributed by atoms with Crippen LogP contribution in [0.5, 0.6) is 0 Å². The lowest BCUT2D eigenvalue weighted by atomic mass is 10.2. The minimum atomic E-state index is 0.404. The fourth-order valence-electron chi connectivity index (χ4n) is 2.06. The van der Waals surface area contributed by atoms with Crippen molar-refractivity contribution in [3.8, 4) is 0 Å². The Hall–Kier alpha value is -0.380. The Bertz CT molecular complexity index is 271. The number of nitrogens with zero attached hydrogens (tertiary/aromatic N) is 1. The maximum Gasteiger partial charge on any atom is 0.0180 e. The van der Waals surface area contributed by atoms with E-state index in [9.17, 15) is 0 Å². The molecule has 1 aliphatic rings. The van der Waals surface area contributed by atoms with E-state index in [1.54, 1.807) is 0 Å². The van der Waals surface area contributed by atoms with Crippen LogP contribution >= 0.6 is 11.3 Å². The van der Waals surface area contributed by atoms with Crippen molar-refractivity contribution >= 4 is 11.3 Å². The number of thiophene rings is 1. The Morgan fingerprint density at radius 1 is 1.71 bits per heavy atom. The van der Waals surface area contributed by atoms with Gasteiger partial charge in [-0.3, -0.25) is 4.90 Å². The summed E-state index contributed by atoms with van der Waals surface area (Å²) in [6, 6.07) is 5.39. The highest BCUT2D eigenvalue weighted by Gasteiger charge is 2.23. The highest BCUT2D eigenvalue weighted by Crippen LogP contribution is 2.17. The van der Waals surface area contributed by atoms with Gasteiger partial charge in [-0.15, -0.1) is 11.3 Å². The molecule has 3 heteroatoms. The van der Waals surface area contributed by atoms with Crippen LogP contribution in [-0.2, 0) is 6.42 Å². The fourth-order valence-corrected chi connectivity index (χ4v) is 2.89. The summed E-state index contributed by atoms with van der Waals surface area (Å²) < 4.78 is 0. The Morgan fingerprint density at radius 3 is 3.14 bits per heavy atom. The summed E-state index contributed by atoms with van der Waals surface area (Å²) in [6.07, 6.45) is 2.33. The first-order valence-electron chi connectivity index (χ1n) is 5.27. The van der Waals surface area contributed by atoms with E-state index in [0.717, 1.165) is 13.0 Å². The Labute approximate surface area is 89.7 Å². The third kappa shape index (κ3) is 2.35. The molecule has 2 atom stereocenters. The molecular formula is C11H18N2S. The molecule has 2 rings (SSSR count). The number of likely N-dealkylation sites (tertiary alicyclic amines) is 1. The Kier molecular flexibility index (Phi) is 3.21. The highest BCUT2D eigenvalue weighted by atomic mass is 32.1. The van der Waals surface area contributed by atoms with Gasteiger partial charge in [-0.25, -0.2) is 0 Å². The summed E-state index contributed by atoms with van der Waals surface area (Å²) >= 11 is 1.85. The van der Waals surface area contributed by atoms with Crippen LogP contribution in [0.1, 0.15) is 18.2 Å². The van der Waals surface area contributed by atoms with Crippen molar-refractivity contribution in [2.45, 2.75) is 31.8 Å². The van der Waals surface area contributed by atoms with Crippen LogP contribution in [0, 0.1) is 0 Å². The van der Waals surface area contributed by atoms with Gasteiger partial charge < -0.3 is 5.73 Å². The number of nitrogens with two attached hydrogens (primary N) is 1. The SMILES string of the molecule is CC(Cc1cccs1)N1CCC(N)C1. The third-order valence-corrected chi connectivity index (χ3v) is 3.85. The Balaban J connectivity index is 1.87. The second-order valence-electron chi connectivity index (χ2n) is 4.18. The van der Waals surface area contributed by atoms with E-state index in [1.165, 1.54) is 17.8 Å². The first-order valence-corrected chi connectivity index (χ1v) is 6.15. The topological polar surface area (TPSA) is 29.3 Å². The summed E-state index contributed by atoms with van der Waals surface area (Å²) in [5.41, 5.74) is 5.90. The first-order chi connectivity index (χ1) is 6.75. The molecule has 0 saturated carbocycles. The van der Waals surface area contributed by atoms with E-state index in [-0.39, 0.29) is 0 Å². The molecule has 1 aromatic heterocycles. The van der Waals surface area contributed by atoms with Crippen LogP contribution in [0.4, 0.5) is 0 Å². The molecule has 2 nitrogen and oxygen atoms in total. The normalized spacial score (nSPS) is 25.4. The van der Waals surface area contributed by atoms with E-state index in [2.05, 4.69) is 29.3 Å². The van der Waals surface area contributed by atoms with E-state index in [4.69, 9.17) is 5.73 Å². The molecule has 78 valence electrons. The van der Waals surface area contributed by atoms with Gasteiger partial charge in [0, 0.05) is 30.1 Å². The lowest BCUT2D eigenvalue weighted by molar-refractivity contribution is 0.255. The molecule has 1 aliphatic heterocycles. The molecule has 0 amide bonds. The smallest absolute Gasteiger partial charge is 0.0180 e. The summed E-state index contributed by atoms with van der Waals surface area (Å²) in [6.45, 7) is 4.55. The van der Waals surface area contributed by atoms with Crippen molar-refractivity contribution < 1.29 is 0 Å². The van der Waals surface area contributed by atoms with Crippen LogP contribution in [-0.4, -0.2) is 30.1 Å². The molecule has 1 fully saturated rings. The molecule has 0 aromatic carbocycles. The van der Waals surface area contributed by atoms with Crippen molar-refractivity contribution in [1.29, 1.82) is 0 Å². The number of rotatable bonds is 3. The van der Waals surface area contributed by atoms with Gasteiger partial charge in [0.25, 0.3) is 0 Å². The lowest BCUT2D eigenvalue weighted by Crippen LogP contribution is -2.34. The van der Waals surface area contributed by atoms with Gasteiger partial charge in [0.05, 0.1) is 0 Å². The van der Waals surface area contributed by atoms with Crippen molar-refractivity contribution in [2.75, 3.05) is 13.1 Å². The van der Waals surface area contributed by atoms with Gasteiger partial charge >= 0.3 is 0 Å².